The number of nitrogens with one attached hydrogen (secondary N) is 3. The van der Waals surface area contributed by atoms with E-state index < -0.39 is 12.1 Å². The third kappa shape index (κ3) is 5.13. The molecule has 1 heterocycles. The van der Waals surface area contributed by atoms with Crippen molar-refractivity contribution in [3.8, 4) is 0 Å². The van der Waals surface area contributed by atoms with Gasteiger partial charge in [-0.3, -0.25) is 4.79 Å². The highest BCUT2D eigenvalue weighted by Gasteiger charge is 2.18. The molecular weight excluding hydrogens is 354 g/mol. The molecule has 0 spiro atoms. The van der Waals surface area contributed by atoms with Gasteiger partial charge in [0.2, 0.25) is 5.91 Å². The lowest BCUT2D eigenvalue weighted by Crippen LogP contribution is -2.34. The highest BCUT2D eigenvalue weighted by atomic mass is 16.5. The Hall–Kier alpha value is -3.28. The van der Waals surface area contributed by atoms with Crippen LogP contribution in [0.4, 0.5) is 4.79 Å². The van der Waals surface area contributed by atoms with Gasteiger partial charge in [0.25, 0.3) is 0 Å². The molecule has 2 amide bonds. The van der Waals surface area contributed by atoms with Crippen LogP contribution in [0.15, 0.2) is 60.8 Å². The summed E-state index contributed by atoms with van der Waals surface area (Å²) in [5, 5.41) is 6.88. The highest BCUT2D eigenvalue weighted by molar-refractivity contribution is 5.83. The molecule has 2 aromatic carbocycles. The molecule has 6 heteroatoms. The lowest BCUT2D eigenvalue weighted by Gasteiger charge is -2.18. The van der Waals surface area contributed by atoms with E-state index in [0.717, 1.165) is 17.5 Å². The molecule has 0 aliphatic heterocycles. The van der Waals surface area contributed by atoms with Crippen molar-refractivity contribution in [2.75, 3.05) is 13.2 Å². The first kappa shape index (κ1) is 19.5. The number of benzene rings is 2. The van der Waals surface area contributed by atoms with Crippen molar-refractivity contribution in [3.05, 3.63) is 71.9 Å². The van der Waals surface area contributed by atoms with Crippen LogP contribution in [0.2, 0.25) is 0 Å². The Bertz CT molecular complexity index is 921. The van der Waals surface area contributed by atoms with E-state index in [9.17, 15) is 9.59 Å². The molecule has 0 bridgehead atoms. The maximum absolute atomic E-state index is 12.4. The van der Waals surface area contributed by atoms with Crippen LogP contribution in [-0.2, 0) is 16.0 Å². The maximum atomic E-state index is 12.4. The maximum Gasteiger partial charge on any atom is 0.407 e. The topological polar surface area (TPSA) is 83.2 Å². The first-order valence-electron chi connectivity index (χ1n) is 9.47. The van der Waals surface area contributed by atoms with Crippen molar-refractivity contribution >= 4 is 22.9 Å². The van der Waals surface area contributed by atoms with E-state index in [1.54, 1.807) is 6.92 Å². The van der Waals surface area contributed by atoms with Gasteiger partial charge in [-0.1, -0.05) is 48.5 Å². The van der Waals surface area contributed by atoms with Gasteiger partial charge >= 0.3 is 6.09 Å². The van der Waals surface area contributed by atoms with E-state index in [2.05, 4.69) is 21.7 Å². The molecule has 1 atom stereocenters. The molecule has 0 unspecified atom stereocenters. The molecule has 3 rings (SSSR count). The highest BCUT2D eigenvalue weighted by Crippen LogP contribution is 2.18. The first-order chi connectivity index (χ1) is 13.7. The minimum Gasteiger partial charge on any atom is -0.450 e. The van der Waals surface area contributed by atoms with Crippen LogP contribution >= 0.6 is 0 Å². The molecule has 28 heavy (non-hydrogen) atoms. The van der Waals surface area contributed by atoms with Crippen LogP contribution in [0, 0.1) is 0 Å². The van der Waals surface area contributed by atoms with Crippen molar-refractivity contribution in [1.29, 1.82) is 0 Å². The van der Waals surface area contributed by atoms with Crippen LogP contribution in [-0.4, -0.2) is 30.1 Å². The zero-order valence-corrected chi connectivity index (χ0v) is 15.9. The van der Waals surface area contributed by atoms with Crippen LogP contribution in [0.1, 0.15) is 30.5 Å². The second-order valence-corrected chi connectivity index (χ2v) is 6.49. The fourth-order valence-electron chi connectivity index (χ4n) is 3.19. The average molecular weight is 379 g/mol. The summed E-state index contributed by atoms with van der Waals surface area (Å²) < 4.78 is 4.96. The van der Waals surface area contributed by atoms with Crippen molar-refractivity contribution in [1.82, 2.24) is 15.6 Å². The van der Waals surface area contributed by atoms with Crippen molar-refractivity contribution in [2.45, 2.75) is 25.8 Å². The zero-order valence-electron chi connectivity index (χ0n) is 15.9. The molecule has 3 aromatic rings. The van der Waals surface area contributed by atoms with Gasteiger partial charge < -0.3 is 20.4 Å². The molecule has 146 valence electrons. The number of para-hydroxylation sites is 1. The van der Waals surface area contributed by atoms with Gasteiger partial charge in [-0.25, -0.2) is 4.79 Å². The molecule has 0 aliphatic rings. The minimum absolute atomic E-state index is 0.120. The summed E-state index contributed by atoms with van der Waals surface area (Å²) in [6, 6.07) is 17.1. The monoisotopic (exact) mass is 379 g/mol. The van der Waals surface area contributed by atoms with E-state index in [0.29, 0.717) is 6.54 Å². The molecule has 0 fully saturated rings. The van der Waals surface area contributed by atoms with Gasteiger partial charge in [0.1, 0.15) is 0 Å². The predicted octanol–water partition coefficient (Wildman–Crippen LogP) is 3.70. The summed E-state index contributed by atoms with van der Waals surface area (Å²) in [4.78, 5) is 27.5. The summed E-state index contributed by atoms with van der Waals surface area (Å²) in [6.07, 6.45) is 2.34. The van der Waals surface area contributed by atoms with Gasteiger partial charge in [-0.15, -0.1) is 0 Å². The zero-order chi connectivity index (χ0) is 19.8. The largest absolute Gasteiger partial charge is 0.450 e. The summed E-state index contributed by atoms with van der Waals surface area (Å²) in [5.74, 6) is -0.120. The summed E-state index contributed by atoms with van der Waals surface area (Å²) in [6.45, 7) is 2.56. The second kappa shape index (κ2) is 9.60. The van der Waals surface area contributed by atoms with Gasteiger partial charge in [-0.2, -0.15) is 0 Å². The Morgan fingerprint density at radius 2 is 1.82 bits per heavy atom. The number of fused-ring (bicyclic) bond motifs is 1. The normalized spacial score (nSPS) is 11.8. The van der Waals surface area contributed by atoms with E-state index in [1.165, 1.54) is 10.9 Å². The number of alkyl carbamates (subject to hydrolysis) is 1. The molecular formula is C22H25N3O3. The molecule has 6 nitrogen and oxygen atoms in total. The number of amides is 2. The number of aromatic amines is 1. The van der Waals surface area contributed by atoms with Gasteiger partial charge in [0.05, 0.1) is 19.1 Å². The Labute approximate surface area is 164 Å². The SMILES string of the molecule is CCOC(=O)N[C@H](CC(=O)NCCc1c[nH]c2ccccc12)c1ccccc1. The third-order valence-corrected chi connectivity index (χ3v) is 4.55. The van der Waals surface area contributed by atoms with E-state index in [-0.39, 0.29) is 18.9 Å². The molecule has 1 aromatic heterocycles. The standard InChI is InChI=1S/C22H25N3O3/c1-2-28-22(27)25-20(16-8-4-3-5-9-16)14-21(26)23-13-12-17-15-24-19-11-7-6-10-18(17)19/h3-11,15,20,24H,2,12-14H2,1H3,(H,23,26)(H,25,27)/t20-/m1/s1. The second-order valence-electron chi connectivity index (χ2n) is 6.49. The van der Waals surface area contributed by atoms with Crippen LogP contribution in [0.5, 0.6) is 0 Å². The third-order valence-electron chi connectivity index (χ3n) is 4.55. The number of carbonyl (C=O) groups is 2. The molecule has 0 radical (unpaired) electrons. The number of H-pyrrole nitrogens is 1. The fourth-order valence-corrected chi connectivity index (χ4v) is 3.19. The van der Waals surface area contributed by atoms with E-state index >= 15 is 0 Å². The molecule has 3 N–H and O–H groups in total. The number of hydrogen-bond donors (Lipinski definition) is 3. The van der Waals surface area contributed by atoms with Crippen LogP contribution in [0.3, 0.4) is 0 Å². The Balaban J connectivity index is 1.56. The van der Waals surface area contributed by atoms with Crippen molar-refractivity contribution in [2.24, 2.45) is 0 Å². The summed E-state index contributed by atoms with van der Waals surface area (Å²) in [5.41, 5.74) is 3.12. The first-order valence-corrected chi connectivity index (χ1v) is 9.47. The Morgan fingerprint density at radius 3 is 2.61 bits per heavy atom. The quantitative estimate of drug-likeness (QED) is 0.558. The molecule has 0 aliphatic carbocycles. The Morgan fingerprint density at radius 1 is 1.07 bits per heavy atom. The fraction of sp³-hybridized carbons (Fsp3) is 0.273. The smallest absolute Gasteiger partial charge is 0.407 e. The summed E-state index contributed by atoms with van der Waals surface area (Å²) in [7, 11) is 0. The van der Waals surface area contributed by atoms with Gasteiger partial charge in [0.15, 0.2) is 0 Å². The van der Waals surface area contributed by atoms with Gasteiger partial charge in [-0.05, 0) is 30.5 Å². The number of ether oxygens (including phenoxy) is 1. The number of aromatic nitrogens is 1. The predicted molar refractivity (Wildman–Crippen MR) is 109 cm³/mol. The molecule has 0 saturated heterocycles. The van der Waals surface area contributed by atoms with Gasteiger partial charge in [0, 0.05) is 23.6 Å². The number of rotatable bonds is 8. The summed E-state index contributed by atoms with van der Waals surface area (Å²) >= 11 is 0. The lowest BCUT2D eigenvalue weighted by molar-refractivity contribution is -0.121. The molecule has 0 saturated carbocycles. The minimum atomic E-state index is -0.525. The van der Waals surface area contributed by atoms with E-state index in [1.807, 2.05) is 54.7 Å². The van der Waals surface area contributed by atoms with E-state index in [4.69, 9.17) is 4.74 Å². The van der Waals surface area contributed by atoms with Crippen LogP contribution < -0.4 is 10.6 Å². The average Bonchev–Trinajstić information content (AvgIpc) is 3.12. The lowest BCUT2D eigenvalue weighted by atomic mass is 10.0. The van der Waals surface area contributed by atoms with Crippen LogP contribution in [0.25, 0.3) is 10.9 Å². The number of hydrogen-bond acceptors (Lipinski definition) is 3. The number of carbonyl (C=O) groups excluding carboxylic acids is 2. The van der Waals surface area contributed by atoms with Crippen molar-refractivity contribution < 1.29 is 14.3 Å². The Kier molecular flexibility index (Phi) is 6.68. The van der Waals surface area contributed by atoms with Crippen molar-refractivity contribution in [3.63, 3.8) is 0 Å².